The Labute approximate surface area is 652 Å². The summed E-state index contributed by atoms with van der Waals surface area (Å²) in [6, 6.07) is 40.5. The van der Waals surface area contributed by atoms with Crippen LogP contribution in [0.5, 0.6) is 5.75 Å². The quantitative estimate of drug-likeness (QED) is 0.0551. The largest absolute Gasteiger partial charge is 0.479 e. The van der Waals surface area contributed by atoms with Crippen LogP contribution in [0.3, 0.4) is 0 Å². The molecule has 0 saturated carbocycles. The van der Waals surface area contributed by atoms with Crippen molar-refractivity contribution in [3.05, 3.63) is 222 Å². The number of aliphatic hydroxyl groups excluding tert-OH is 1. The van der Waals surface area contributed by atoms with Gasteiger partial charge in [-0.2, -0.15) is 0 Å². The van der Waals surface area contributed by atoms with Gasteiger partial charge in [0.15, 0.2) is 11.2 Å². The molecule has 14 rings (SSSR count). The summed E-state index contributed by atoms with van der Waals surface area (Å²) in [6.07, 6.45) is 9.91. The number of rotatable bonds is 20. The molecule has 0 radical (unpaired) electrons. The van der Waals surface area contributed by atoms with Gasteiger partial charge in [0.05, 0.1) is 37.9 Å². The smallest absolute Gasteiger partial charge is 0.263 e. The number of piperazine rings is 3. The predicted octanol–water partition coefficient (Wildman–Crippen LogP) is 12.5. The monoisotopic (exact) mass is 1620 g/mol. The Morgan fingerprint density at radius 3 is 1.56 bits per heavy atom. The average Bonchev–Trinajstić information content (AvgIpc) is 1.79. The SMILES string of the molecule is CC(C(=O)N1CCN(c2ccc(S(=O)(=O)Nc3ccncn3)cc2)CC1)n1ccc2cc(F)ccc21.C[C@@H](C(=O)N1CCN(c2ccc(S(=O)(=O)Nc3ccncn3)cc2)CC1)n1ccc2ccc(Cl)cc21.C[C@H](Oc1cccc(Cl)c1Cl)C(=O)N1CCN(c2ccc(S(=O)(=O)Nc3nccs3)cc2)C[C@@H]1CO.[HH].[HH].[HH].[HH].[HH].[HH].[HH]. The Kier molecular flexibility index (Phi) is 24.3. The molecule has 8 heterocycles. The number of ether oxygens (including phenoxy) is 1. The fraction of sp³-hybridized carbons (Fsp3) is 0.260. The van der Waals surface area contributed by atoms with Gasteiger partial charge in [-0.15, -0.1) is 11.3 Å². The molecule has 3 amide bonds. The number of thiazole rings is 1. The number of nitrogens with one attached hydrogen (secondary N) is 3. The average molecular weight is 1620 g/mol. The second-order valence-corrected chi connectivity index (χ2v) is 32.4. The van der Waals surface area contributed by atoms with Crippen molar-refractivity contribution in [2.24, 2.45) is 0 Å². The molecule has 5 aromatic heterocycles. The molecule has 3 aliphatic heterocycles. The standard InChI is InChI=1S/C25H25ClN6O3S.C25H25FN6O3S.C23H24Cl2N4O5S2.7H2/c1-18(32-11-9-19-2-3-20(26)16-23(19)32)25(33)31-14-12-30(13-15-31)21-4-6-22(7-5-21)36(34,35)29-24-8-10-27-17-28-24;1-18(32-11-9-19-16-20(26)2-7-23(19)32)25(33)31-14-12-30(13-15-31)21-3-5-22(6-4-21)36(34,35)29-24-8-10-27-17-28-24;1-15(34-20-4-2-3-19(24)21(20)25)22(31)29-11-10-28(13-17(29)14-30)16-5-7-18(8-6-16)36(32,33)27-23-26-9-12-35-23;;;;;;;/h2*2-11,16-18H,12-15H2,1H3,(H,27,28,29);2-9,12,15,17,30H,10-11,13-14H2,1H3,(H,26,27);7*1H/t18-;;15-,17+;;;;;;;/m0.0......./s1. The second kappa shape index (κ2) is 33.9. The number of aromatic nitrogens is 7. The molecule has 3 aliphatic rings. The molecule has 1 unspecified atom stereocenters. The van der Waals surface area contributed by atoms with E-state index in [-0.39, 0.29) is 77.5 Å². The molecule has 3 saturated heterocycles. The molecular formula is C73H88Cl3FN16O11S4. The maximum atomic E-state index is 13.5. The van der Waals surface area contributed by atoms with E-state index in [1.165, 1.54) is 79.0 Å². The van der Waals surface area contributed by atoms with E-state index in [4.69, 9.17) is 39.5 Å². The first-order valence-corrected chi connectivity index (χ1v) is 40.5. The van der Waals surface area contributed by atoms with Crippen LogP contribution in [-0.2, 0) is 44.5 Å². The van der Waals surface area contributed by atoms with Crippen LogP contribution in [0.2, 0.25) is 15.1 Å². The molecule has 0 spiro atoms. The molecule has 3 fully saturated rings. The van der Waals surface area contributed by atoms with Crippen molar-refractivity contribution in [2.45, 2.75) is 59.7 Å². The van der Waals surface area contributed by atoms with Crippen molar-refractivity contribution < 1.29 is 63.9 Å². The van der Waals surface area contributed by atoms with E-state index in [2.05, 4.69) is 48.9 Å². The highest BCUT2D eigenvalue weighted by molar-refractivity contribution is 7.93. The van der Waals surface area contributed by atoms with Gasteiger partial charge in [0.1, 0.15) is 53.0 Å². The van der Waals surface area contributed by atoms with Crippen LogP contribution in [0.15, 0.2) is 215 Å². The number of benzene rings is 6. The Balaban J connectivity index is 0.000000299. The van der Waals surface area contributed by atoms with Crippen LogP contribution in [-0.4, -0.2) is 188 Å². The summed E-state index contributed by atoms with van der Waals surface area (Å²) < 4.78 is 106. The lowest BCUT2D eigenvalue weighted by Gasteiger charge is -2.42. The number of halogens is 4. The van der Waals surface area contributed by atoms with Crippen molar-refractivity contribution in [1.29, 1.82) is 0 Å². The number of hydrogen-bond acceptors (Lipinski definition) is 20. The zero-order valence-corrected chi connectivity index (χ0v) is 63.9. The minimum Gasteiger partial charge on any atom is -0.479 e. The maximum absolute atomic E-state index is 13.5. The first-order chi connectivity index (χ1) is 51.8. The Morgan fingerprint density at radius 1 is 0.556 bits per heavy atom. The third kappa shape index (κ3) is 18.3. The van der Waals surface area contributed by atoms with Crippen LogP contribution in [0.1, 0.15) is 42.8 Å². The van der Waals surface area contributed by atoms with E-state index in [0.29, 0.717) is 92.9 Å². The Morgan fingerprint density at radius 2 is 1.06 bits per heavy atom. The van der Waals surface area contributed by atoms with E-state index in [1.807, 2.05) is 80.4 Å². The lowest BCUT2D eigenvalue weighted by Crippen LogP contribution is -2.59. The van der Waals surface area contributed by atoms with Crippen LogP contribution in [0, 0.1) is 5.82 Å². The number of anilines is 6. The van der Waals surface area contributed by atoms with Crippen molar-refractivity contribution >= 4 is 150 Å². The predicted molar refractivity (Wildman–Crippen MR) is 430 cm³/mol. The van der Waals surface area contributed by atoms with Gasteiger partial charge < -0.3 is 48.4 Å². The first-order valence-electron chi connectivity index (χ1n) is 34.0. The number of carbonyl (C=O) groups excluding carboxylic acids is 3. The van der Waals surface area contributed by atoms with Crippen LogP contribution >= 0.6 is 46.1 Å². The van der Waals surface area contributed by atoms with E-state index in [1.54, 1.807) is 102 Å². The number of hydrogen-bond donors (Lipinski definition) is 4. The molecular weight excluding hydrogens is 1530 g/mol. The maximum Gasteiger partial charge on any atom is 0.263 e. The molecule has 0 bridgehead atoms. The number of sulfonamides is 3. The van der Waals surface area contributed by atoms with Gasteiger partial charge in [-0.25, -0.2) is 54.6 Å². The molecule has 108 heavy (non-hydrogen) atoms. The molecule has 35 heteroatoms. The highest BCUT2D eigenvalue weighted by Crippen LogP contribution is 2.34. The lowest BCUT2D eigenvalue weighted by atomic mass is 10.1. The minimum absolute atomic E-state index is 0. The topological polar surface area (TPSA) is 313 Å². The van der Waals surface area contributed by atoms with E-state index in [9.17, 15) is 49.1 Å². The zero-order valence-electron chi connectivity index (χ0n) is 58.3. The van der Waals surface area contributed by atoms with E-state index < -0.39 is 48.3 Å². The summed E-state index contributed by atoms with van der Waals surface area (Å²) in [5.41, 5.74) is 4.33. The Bertz CT molecular complexity index is 5360. The summed E-state index contributed by atoms with van der Waals surface area (Å²) in [4.78, 5) is 70.8. The summed E-state index contributed by atoms with van der Waals surface area (Å²) >= 11 is 19.6. The number of nitrogens with zero attached hydrogens (tertiary/aromatic N) is 13. The van der Waals surface area contributed by atoms with Gasteiger partial charge in [0.25, 0.3) is 36.0 Å². The van der Waals surface area contributed by atoms with E-state index in [0.717, 1.165) is 38.9 Å². The molecule has 6 aromatic carbocycles. The van der Waals surface area contributed by atoms with Crippen LogP contribution in [0.25, 0.3) is 21.8 Å². The van der Waals surface area contributed by atoms with Crippen LogP contribution < -0.4 is 33.6 Å². The fourth-order valence-corrected chi connectivity index (χ4v) is 17.0. The summed E-state index contributed by atoms with van der Waals surface area (Å²) in [6.45, 7) is 11.2. The van der Waals surface area contributed by atoms with Gasteiger partial charge in [0, 0.05) is 151 Å². The Hall–Kier alpha value is -10.2. The highest BCUT2D eigenvalue weighted by Gasteiger charge is 2.35. The second-order valence-electron chi connectivity index (χ2n) is 25.3. The first kappa shape index (κ1) is 77.4. The van der Waals surface area contributed by atoms with Crippen LogP contribution in [0.4, 0.5) is 38.2 Å². The molecule has 27 nitrogen and oxygen atoms in total. The van der Waals surface area contributed by atoms with Crippen molar-refractivity contribution in [3.63, 3.8) is 0 Å². The van der Waals surface area contributed by atoms with Crippen molar-refractivity contribution in [2.75, 3.05) is 107 Å². The molecule has 4 atom stereocenters. The highest BCUT2D eigenvalue weighted by atomic mass is 35.5. The van der Waals surface area contributed by atoms with Gasteiger partial charge in [-0.05, 0) is 166 Å². The normalized spacial score (nSPS) is 15.8. The van der Waals surface area contributed by atoms with Crippen molar-refractivity contribution in [3.8, 4) is 5.75 Å². The van der Waals surface area contributed by atoms with Gasteiger partial charge >= 0.3 is 0 Å². The third-order valence-corrected chi connectivity index (χ3v) is 24.4. The lowest BCUT2D eigenvalue weighted by molar-refractivity contribution is -0.141. The van der Waals surface area contributed by atoms with E-state index >= 15 is 0 Å². The van der Waals surface area contributed by atoms with Gasteiger partial charge in [-0.3, -0.25) is 28.5 Å². The summed E-state index contributed by atoms with van der Waals surface area (Å²) in [7, 11) is -11.3. The number of carbonyl (C=O) groups is 3. The fourth-order valence-electron chi connectivity index (χ4n) is 12.7. The number of fused-ring (bicyclic) bond motifs is 2. The molecule has 4 N–H and O–H groups in total. The zero-order chi connectivity index (χ0) is 76.4. The van der Waals surface area contributed by atoms with Crippen molar-refractivity contribution in [1.82, 2.24) is 48.8 Å². The summed E-state index contributed by atoms with van der Waals surface area (Å²) in [5, 5.41) is 15.0. The molecule has 578 valence electrons. The summed E-state index contributed by atoms with van der Waals surface area (Å²) in [5.74, 6) is 0.202. The third-order valence-electron chi connectivity index (χ3n) is 18.5. The minimum atomic E-state index is -3.76. The number of amides is 3. The molecule has 0 aliphatic carbocycles. The van der Waals surface area contributed by atoms with Gasteiger partial charge in [-0.1, -0.05) is 46.9 Å². The van der Waals surface area contributed by atoms with Gasteiger partial charge in [0.2, 0.25) is 11.8 Å². The number of aliphatic hydroxyl groups is 1. The molecule has 11 aromatic rings.